The van der Waals surface area contributed by atoms with E-state index in [1.807, 2.05) is 37.3 Å². The van der Waals surface area contributed by atoms with Crippen molar-refractivity contribution in [2.75, 3.05) is 4.43 Å². The summed E-state index contributed by atoms with van der Waals surface area (Å²) in [6, 6.07) is 10.0. The van der Waals surface area contributed by atoms with Crippen LogP contribution in [0.1, 0.15) is 11.5 Å². The van der Waals surface area contributed by atoms with Crippen LogP contribution in [0.25, 0.3) is 11.5 Å². The summed E-state index contributed by atoms with van der Waals surface area (Å²) in [4.78, 5) is 4.43. The van der Waals surface area contributed by atoms with Crippen molar-refractivity contribution in [1.29, 1.82) is 0 Å². The largest absolute Gasteiger partial charge is 0.441 e. The quantitative estimate of drug-likeness (QED) is 0.639. The van der Waals surface area contributed by atoms with Crippen LogP contribution in [0.4, 0.5) is 0 Å². The van der Waals surface area contributed by atoms with Crippen molar-refractivity contribution in [2.24, 2.45) is 0 Å². The highest BCUT2D eigenvalue weighted by Crippen LogP contribution is 2.21. The van der Waals surface area contributed by atoms with Crippen LogP contribution in [-0.4, -0.2) is 9.41 Å². The zero-order valence-electron chi connectivity index (χ0n) is 8.53. The molecule has 0 saturated carbocycles. The van der Waals surface area contributed by atoms with Crippen molar-refractivity contribution in [1.82, 2.24) is 4.98 Å². The van der Waals surface area contributed by atoms with Crippen LogP contribution >= 0.6 is 22.6 Å². The van der Waals surface area contributed by atoms with E-state index in [9.17, 15) is 0 Å². The highest BCUT2D eigenvalue weighted by atomic mass is 127. The van der Waals surface area contributed by atoms with Gasteiger partial charge in [-0.25, -0.2) is 4.98 Å². The Bertz CT molecular complexity index is 436. The molecule has 0 N–H and O–H groups in total. The van der Waals surface area contributed by atoms with Crippen molar-refractivity contribution >= 4 is 22.6 Å². The molecule has 0 fully saturated rings. The average Bonchev–Trinajstić information content (AvgIpc) is 2.63. The fourth-order valence-electron chi connectivity index (χ4n) is 1.45. The molecule has 0 atom stereocenters. The van der Waals surface area contributed by atoms with E-state index in [1.54, 1.807) is 0 Å². The Balaban J connectivity index is 2.34. The monoisotopic (exact) mass is 313 g/mol. The summed E-state index contributed by atoms with van der Waals surface area (Å²) in [5.74, 6) is 1.73. The number of oxazole rings is 1. The molecule has 0 radical (unpaired) electrons. The summed E-state index contributed by atoms with van der Waals surface area (Å²) in [5, 5.41) is 0. The second kappa shape index (κ2) is 4.79. The third kappa shape index (κ3) is 2.40. The Kier molecular flexibility index (Phi) is 3.41. The van der Waals surface area contributed by atoms with Gasteiger partial charge in [-0.1, -0.05) is 40.8 Å². The predicted octanol–water partition coefficient (Wildman–Crippen LogP) is 3.63. The Hall–Kier alpha value is -0.840. The van der Waals surface area contributed by atoms with E-state index in [4.69, 9.17) is 4.42 Å². The van der Waals surface area contributed by atoms with Gasteiger partial charge in [0.25, 0.3) is 0 Å². The van der Waals surface area contributed by atoms with E-state index in [2.05, 4.69) is 27.6 Å². The zero-order valence-corrected chi connectivity index (χ0v) is 10.7. The van der Waals surface area contributed by atoms with Gasteiger partial charge in [-0.2, -0.15) is 0 Å². The molecule has 0 saturated heterocycles. The molecule has 1 heterocycles. The number of aryl methyl sites for hydroxylation is 2. The van der Waals surface area contributed by atoms with Crippen LogP contribution in [0, 0.1) is 6.92 Å². The van der Waals surface area contributed by atoms with E-state index in [1.165, 1.54) is 0 Å². The molecule has 0 aliphatic heterocycles. The first-order chi connectivity index (χ1) is 7.31. The van der Waals surface area contributed by atoms with Crippen LogP contribution in [-0.2, 0) is 6.42 Å². The molecule has 0 bridgehead atoms. The van der Waals surface area contributed by atoms with E-state index < -0.39 is 0 Å². The van der Waals surface area contributed by atoms with Gasteiger partial charge in [0.2, 0.25) is 5.89 Å². The van der Waals surface area contributed by atoms with Crippen molar-refractivity contribution < 1.29 is 4.42 Å². The van der Waals surface area contributed by atoms with Crippen LogP contribution < -0.4 is 0 Å². The maximum atomic E-state index is 5.72. The third-order valence-corrected chi connectivity index (χ3v) is 2.77. The molecule has 3 heteroatoms. The molecule has 0 spiro atoms. The first-order valence-electron chi connectivity index (χ1n) is 4.89. The predicted molar refractivity (Wildman–Crippen MR) is 69.3 cm³/mol. The van der Waals surface area contributed by atoms with E-state index in [-0.39, 0.29) is 0 Å². The molecule has 2 nitrogen and oxygen atoms in total. The molecule has 0 aliphatic carbocycles. The lowest BCUT2D eigenvalue weighted by Gasteiger charge is -1.93. The standard InChI is InChI=1S/C12H12INO/c1-9-11(7-8-13)15-12(14-9)10-5-3-2-4-6-10/h2-6H,7-8H2,1H3. The second-order valence-electron chi connectivity index (χ2n) is 3.33. The summed E-state index contributed by atoms with van der Waals surface area (Å²) in [6.07, 6.45) is 0.951. The van der Waals surface area contributed by atoms with Crippen LogP contribution in [0.15, 0.2) is 34.7 Å². The molecule has 2 rings (SSSR count). The van der Waals surface area contributed by atoms with Gasteiger partial charge >= 0.3 is 0 Å². The van der Waals surface area contributed by atoms with E-state index >= 15 is 0 Å². The van der Waals surface area contributed by atoms with Gasteiger partial charge in [0, 0.05) is 16.4 Å². The molecule has 15 heavy (non-hydrogen) atoms. The Labute approximate surface area is 103 Å². The number of benzene rings is 1. The first kappa shape index (κ1) is 10.7. The number of rotatable bonds is 3. The third-order valence-electron chi connectivity index (χ3n) is 2.23. The molecule has 0 unspecified atom stereocenters. The Morgan fingerprint density at radius 1 is 1.27 bits per heavy atom. The molecule has 0 aliphatic rings. The molecule has 1 aromatic carbocycles. The van der Waals surface area contributed by atoms with Gasteiger partial charge in [0.05, 0.1) is 5.69 Å². The average molecular weight is 313 g/mol. The Morgan fingerprint density at radius 3 is 2.67 bits per heavy atom. The summed E-state index contributed by atoms with van der Waals surface area (Å²) in [7, 11) is 0. The molecule has 2 aromatic rings. The number of halogens is 1. The number of alkyl halides is 1. The van der Waals surface area contributed by atoms with Crippen LogP contribution in [0.3, 0.4) is 0 Å². The van der Waals surface area contributed by atoms with E-state index in [0.717, 1.165) is 33.8 Å². The second-order valence-corrected chi connectivity index (χ2v) is 4.41. The van der Waals surface area contributed by atoms with Crippen LogP contribution in [0.5, 0.6) is 0 Å². The van der Waals surface area contributed by atoms with Gasteiger partial charge in [0.15, 0.2) is 0 Å². The van der Waals surface area contributed by atoms with Gasteiger partial charge < -0.3 is 4.42 Å². The minimum Gasteiger partial charge on any atom is -0.441 e. The lowest BCUT2D eigenvalue weighted by Crippen LogP contribution is -1.84. The van der Waals surface area contributed by atoms with Gasteiger partial charge in [-0.3, -0.25) is 0 Å². The van der Waals surface area contributed by atoms with Crippen LogP contribution in [0.2, 0.25) is 0 Å². The highest BCUT2D eigenvalue weighted by Gasteiger charge is 2.09. The highest BCUT2D eigenvalue weighted by molar-refractivity contribution is 14.1. The fourth-order valence-corrected chi connectivity index (χ4v) is 1.94. The minimum absolute atomic E-state index is 0.730. The Morgan fingerprint density at radius 2 is 2.00 bits per heavy atom. The normalized spacial score (nSPS) is 10.5. The van der Waals surface area contributed by atoms with Gasteiger partial charge in [-0.05, 0) is 19.1 Å². The molecule has 0 amide bonds. The maximum absolute atomic E-state index is 5.72. The van der Waals surface area contributed by atoms with Gasteiger partial charge in [-0.15, -0.1) is 0 Å². The lowest BCUT2D eigenvalue weighted by molar-refractivity contribution is 0.524. The number of aromatic nitrogens is 1. The summed E-state index contributed by atoms with van der Waals surface area (Å²) in [6.45, 7) is 2.00. The molecular weight excluding hydrogens is 301 g/mol. The van der Waals surface area contributed by atoms with Crippen molar-refractivity contribution in [3.63, 3.8) is 0 Å². The smallest absolute Gasteiger partial charge is 0.226 e. The van der Waals surface area contributed by atoms with Crippen molar-refractivity contribution in [2.45, 2.75) is 13.3 Å². The number of hydrogen-bond donors (Lipinski definition) is 0. The minimum atomic E-state index is 0.730. The fraction of sp³-hybridized carbons (Fsp3) is 0.250. The topological polar surface area (TPSA) is 26.0 Å². The molecular formula is C12H12INO. The summed E-state index contributed by atoms with van der Waals surface area (Å²) >= 11 is 2.34. The lowest BCUT2D eigenvalue weighted by atomic mass is 10.2. The summed E-state index contributed by atoms with van der Waals surface area (Å²) in [5.41, 5.74) is 2.05. The number of hydrogen-bond acceptors (Lipinski definition) is 2. The van der Waals surface area contributed by atoms with Crippen molar-refractivity contribution in [3.05, 3.63) is 41.8 Å². The van der Waals surface area contributed by atoms with E-state index in [0.29, 0.717) is 0 Å². The summed E-state index contributed by atoms with van der Waals surface area (Å²) < 4.78 is 6.78. The molecule has 78 valence electrons. The maximum Gasteiger partial charge on any atom is 0.226 e. The first-order valence-corrected chi connectivity index (χ1v) is 6.41. The zero-order chi connectivity index (χ0) is 10.7. The van der Waals surface area contributed by atoms with Gasteiger partial charge in [0.1, 0.15) is 5.76 Å². The van der Waals surface area contributed by atoms with Crippen molar-refractivity contribution in [3.8, 4) is 11.5 Å². The molecule has 1 aromatic heterocycles. The SMILES string of the molecule is Cc1nc(-c2ccccc2)oc1CCI. The number of nitrogens with zero attached hydrogens (tertiary/aromatic N) is 1.